The Bertz CT molecular complexity index is 472. The standard InChI is InChI=1S/C13H21NO2S/c1-5-17(15,16)14-12-8-6-7-11(9-12)10-13(2,3)4/h6-9,14H,5,10H2,1-4H3. The fourth-order valence-electron chi connectivity index (χ4n) is 1.61. The minimum absolute atomic E-state index is 0.0937. The lowest BCUT2D eigenvalue weighted by Gasteiger charge is -2.18. The zero-order chi connectivity index (χ0) is 13.1. The second kappa shape index (κ2) is 5.08. The maximum Gasteiger partial charge on any atom is 0.232 e. The van der Waals surface area contributed by atoms with E-state index < -0.39 is 10.0 Å². The zero-order valence-electron chi connectivity index (χ0n) is 10.9. The third kappa shape index (κ3) is 5.22. The first-order valence-corrected chi connectivity index (χ1v) is 7.46. The number of anilines is 1. The third-order valence-corrected chi connectivity index (χ3v) is 3.62. The average molecular weight is 255 g/mol. The largest absolute Gasteiger partial charge is 0.284 e. The van der Waals surface area contributed by atoms with Crippen molar-refractivity contribution in [3.05, 3.63) is 29.8 Å². The molecule has 1 aromatic carbocycles. The molecule has 0 unspecified atom stereocenters. The Kier molecular flexibility index (Phi) is 4.20. The summed E-state index contributed by atoms with van der Waals surface area (Å²) in [6.45, 7) is 8.11. The number of benzene rings is 1. The molecule has 0 aliphatic rings. The van der Waals surface area contributed by atoms with Gasteiger partial charge in [0.1, 0.15) is 0 Å². The lowest BCUT2D eigenvalue weighted by Crippen LogP contribution is -2.15. The van der Waals surface area contributed by atoms with Crippen molar-refractivity contribution >= 4 is 15.7 Å². The summed E-state index contributed by atoms with van der Waals surface area (Å²) in [5.74, 6) is 0.0937. The van der Waals surface area contributed by atoms with Crippen molar-refractivity contribution in [3.8, 4) is 0 Å². The molecule has 4 heteroatoms. The highest BCUT2D eigenvalue weighted by atomic mass is 32.2. The van der Waals surface area contributed by atoms with Gasteiger partial charge in [-0.1, -0.05) is 32.9 Å². The van der Waals surface area contributed by atoms with Gasteiger partial charge in [-0.15, -0.1) is 0 Å². The predicted octanol–water partition coefficient (Wildman–Crippen LogP) is 3.04. The van der Waals surface area contributed by atoms with Crippen molar-refractivity contribution in [2.45, 2.75) is 34.1 Å². The lowest BCUT2D eigenvalue weighted by molar-refractivity contribution is 0.411. The first kappa shape index (κ1) is 14.0. The molecule has 0 saturated heterocycles. The Morgan fingerprint density at radius 2 is 1.88 bits per heavy atom. The van der Waals surface area contributed by atoms with Crippen LogP contribution in [0.2, 0.25) is 0 Å². The van der Waals surface area contributed by atoms with E-state index in [1.54, 1.807) is 13.0 Å². The van der Waals surface area contributed by atoms with Crippen LogP contribution >= 0.6 is 0 Å². The van der Waals surface area contributed by atoms with Gasteiger partial charge in [0, 0.05) is 5.69 Å². The van der Waals surface area contributed by atoms with Crippen LogP contribution in [0, 0.1) is 5.41 Å². The molecule has 0 saturated carbocycles. The highest BCUT2D eigenvalue weighted by molar-refractivity contribution is 7.92. The number of hydrogen-bond donors (Lipinski definition) is 1. The van der Waals surface area contributed by atoms with E-state index in [-0.39, 0.29) is 11.2 Å². The molecule has 3 nitrogen and oxygen atoms in total. The second-order valence-corrected chi connectivity index (χ2v) is 7.45. The van der Waals surface area contributed by atoms with E-state index in [1.807, 2.05) is 18.2 Å². The Balaban J connectivity index is 2.87. The van der Waals surface area contributed by atoms with Gasteiger partial charge in [-0.25, -0.2) is 8.42 Å². The molecule has 0 heterocycles. The zero-order valence-corrected chi connectivity index (χ0v) is 11.8. The normalized spacial score (nSPS) is 12.5. The van der Waals surface area contributed by atoms with E-state index in [2.05, 4.69) is 25.5 Å². The Morgan fingerprint density at radius 1 is 1.24 bits per heavy atom. The molecule has 96 valence electrons. The highest BCUT2D eigenvalue weighted by Gasteiger charge is 2.12. The monoisotopic (exact) mass is 255 g/mol. The van der Waals surface area contributed by atoms with Gasteiger partial charge in [0.05, 0.1) is 5.75 Å². The molecule has 1 aromatic rings. The van der Waals surface area contributed by atoms with Gasteiger partial charge in [0.25, 0.3) is 0 Å². The molecule has 0 amide bonds. The molecule has 1 rings (SSSR count). The minimum atomic E-state index is -3.18. The van der Waals surface area contributed by atoms with Crippen LogP contribution in [0.25, 0.3) is 0 Å². The Morgan fingerprint density at radius 3 is 2.41 bits per heavy atom. The first-order valence-electron chi connectivity index (χ1n) is 5.81. The summed E-state index contributed by atoms with van der Waals surface area (Å²) in [7, 11) is -3.18. The SMILES string of the molecule is CCS(=O)(=O)Nc1cccc(CC(C)(C)C)c1. The molecule has 0 spiro atoms. The van der Waals surface area contributed by atoms with E-state index in [0.29, 0.717) is 5.69 Å². The van der Waals surface area contributed by atoms with Crippen molar-refractivity contribution < 1.29 is 8.42 Å². The molecule has 17 heavy (non-hydrogen) atoms. The summed E-state index contributed by atoms with van der Waals surface area (Å²) >= 11 is 0. The van der Waals surface area contributed by atoms with Gasteiger partial charge in [0.15, 0.2) is 0 Å². The molecule has 0 radical (unpaired) electrons. The topological polar surface area (TPSA) is 46.2 Å². The van der Waals surface area contributed by atoms with Gasteiger partial charge in [-0.05, 0) is 36.5 Å². The minimum Gasteiger partial charge on any atom is -0.284 e. The van der Waals surface area contributed by atoms with Crippen molar-refractivity contribution in [3.63, 3.8) is 0 Å². The van der Waals surface area contributed by atoms with Crippen LogP contribution in [0.3, 0.4) is 0 Å². The number of nitrogens with one attached hydrogen (secondary N) is 1. The van der Waals surface area contributed by atoms with Gasteiger partial charge >= 0.3 is 0 Å². The molecule has 0 atom stereocenters. The molecular formula is C13H21NO2S. The quantitative estimate of drug-likeness (QED) is 0.899. The van der Waals surface area contributed by atoms with Crippen LogP contribution in [-0.4, -0.2) is 14.2 Å². The lowest BCUT2D eigenvalue weighted by atomic mass is 9.88. The Hall–Kier alpha value is -1.03. The molecule has 0 fully saturated rings. The fourth-order valence-corrected chi connectivity index (χ4v) is 2.24. The van der Waals surface area contributed by atoms with E-state index in [4.69, 9.17) is 0 Å². The summed E-state index contributed by atoms with van der Waals surface area (Å²) in [5, 5.41) is 0. The molecule has 1 N–H and O–H groups in total. The second-order valence-electron chi connectivity index (χ2n) is 5.44. The molecular weight excluding hydrogens is 234 g/mol. The number of sulfonamides is 1. The summed E-state index contributed by atoms with van der Waals surface area (Å²) in [6, 6.07) is 7.58. The molecule has 0 aliphatic carbocycles. The average Bonchev–Trinajstić information content (AvgIpc) is 2.14. The van der Waals surface area contributed by atoms with E-state index >= 15 is 0 Å². The van der Waals surface area contributed by atoms with Crippen molar-refractivity contribution in [2.24, 2.45) is 5.41 Å². The molecule has 0 aromatic heterocycles. The van der Waals surface area contributed by atoms with Gasteiger partial charge < -0.3 is 0 Å². The van der Waals surface area contributed by atoms with Gasteiger partial charge in [-0.2, -0.15) is 0 Å². The van der Waals surface area contributed by atoms with Crippen LogP contribution in [0.4, 0.5) is 5.69 Å². The van der Waals surface area contributed by atoms with E-state index in [9.17, 15) is 8.42 Å². The van der Waals surface area contributed by atoms with Crippen molar-refractivity contribution in [2.75, 3.05) is 10.5 Å². The Labute approximate surface area is 104 Å². The van der Waals surface area contributed by atoms with Crippen molar-refractivity contribution in [1.29, 1.82) is 0 Å². The van der Waals surface area contributed by atoms with Gasteiger partial charge in [-0.3, -0.25) is 4.72 Å². The summed E-state index contributed by atoms with van der Waals surface area (Å²) in [4.78, 5) is 0. The van der Waals surface area contributed by atoms with Crippen LogP contribution in [-0.2, 0) is 16.4 Å². The summed E-state index contributed by atoms with van der Waals surface area (Å²) < 4.78 is 25.5. The summed E-state index contributed by atoms with van der Waals surface area (Å²) in [5.41, 5.74) is 1.99. The maximum atomic E-state index is 11.5. The fraction of sp³-hybridized carbons (Fsp3) is 0.538. The smallest absolute Gasteiger partial charge is 0.232 e. The molecule has 0 bridgehead atoms. The van der Waals surface area contributed by atoms with E-state index in [0.717, 1.165) is 12.0 Å². The van der Waals surface area contributed by atoms with Crippen molar-refractivity contribution in [1.82, 2.24) is 0 Å². The highest BCUT2D eigenvalue weighted by Crippen LogP contribution is 2.22. The van der Waals surface area contributed by atoms with Crippen LogP contribution in [0.15, 0.2) is 24.3 Å². The van der Waals surface area contributed by atoms with Gasteiger partial charge in [0.2, 0.25) is 10.0 Å². The maximum absolute atomic E-state index is 11.5. The first-order chi connectivity index (χ1) is 7.72. The molecule has 0 aliphatic heterocycles. The number of hydrogen-bond acceptors (Lipinski definition) is 2. The van der Waals surface area contributed by atoms with Crippen LogP contribution < -0.4 is 4.72 Å². The third-order valence-electron chi connectivity index (χ3n) is 2.31. The van der Waals surface area contributed by atoms with Crippen LogP contribution in [0.1, 0.15) is 33.3 Å². The number of rotatable bonds is 4. The van der Waals surface area contributed by atoms with Crippen LogP contribution in [0.5, 0.6) is 0 Å². The predicted molar refractivity (Wildman–Crippen MR) is 72.7 cm³/mol. The summed E-state index contributed by atoms with van der Waals surface area (Å²) in [6.07, 6.45) is 0.925. The van der Waals surface area contributed by atoms with E-state index in [1.165, 1.54) is 0 Å².